The molecule has 0 saturated heterocycles. The van der Waals surface area contributed by atoms with Crippen LogP contribution in [0.5, 0.6) is 0 Å². The third-order valence-electron chi connectivity index (χ3n) is 18.6. The van der Waals surface area contributed by atoms with Crippen LogP contribution in [0, 0.1) is 11.8 Å². The number of hydrogen-bond acceptors (Lipinski definition) is 15. The summed E-state index contributed by atoms with van der Waals surface area (Å²) in [6.07, 6.45) is 58.3. The van der Waals surface area contributed by atoms with Gasteiger partial charge in [0.25, 0.3) is 0 Å². The van der Waals surface area contributed by atoms with E-state index in [1.165, 1.54) is 225 Å². The van der Waals surface area contributed by atoms with Gasteiger partial charge in [-0.2, -0.15) is 0 Å². The predicted octanol–water partition coefficient (Wildman–Crippen LogP) is 23.1. The van der Waals surface area contributed by atoms with Crippen molar-refractivity contribution >= 4 is 39.5 Å². The topological polar surface area (TPSA) is 237 Å². The fraction of sp³-hybridized carbons (Fsp3) is 0.949. The summed E-state index contributed by atoms with van der Waals surface area (Å²) in [7, 11) is -9.91. The van der Waals surface area contributed by atoms with E-state index in [2.05, 4.69) is 41.5 Å². The molecule has 0 bridgehead atoms. The van der Waals surface area contributed by atoms with Crippen LogP contribution in [0.3, 0.4) is 0 Å². The summed E-state index contributed by atoms with van der Waals surface area (Å²) in [6.45, 7) is 9.61. The van der Waals surface area contributed by atoms with E-state index in [4.69, 9.17) is 37.0 Å². The molecule has 97 heavy (non-hydrogen) atoms. The van der Waals surface area contributed by atoms with Gasteiger partial charge in [0.1, 0.15) is 19.3 Å². The molecule has 0 amide bonds. The maximum atomic E-state index is 13.1. The van der Waals surface area contributed by atoms with Gasteiger partial charge in [-0.05, 0) is 37.5 Å². The molecule has 6 atom stereocenters. The molecule has 0 rings (SSSR count). The molecular formula is C78H152O17P2. The van der Waals surface area contributed by atoms with Crippen molar-refractivity contribution in [3.8, 4) is 0 Å². The third kappa shape index (κ3) is 70.9. The largest absolute Gasteiger partial charge is 0.472 e. The van der Waals surface area contributed by atoms with Crippen LogP contribution >= 0.6 is 15.6 Å². The Morgan fingerprint density at radius 1 is 0.299 bits per heavy atom. The van der Waals surface area contributed by atoms with Crippen LogP contribution in [0.25, 0.3) is 0 Å². The van der Waals surface area contributed by atoms with Crippen molar-refractivity contribution in [2.45, 2.75) is 426 Å². The van der Waals surface area contributed by atoms with Gasteiger partial charge in [0.05, 0.1) is 26.4 Å². The van der Waals surface area contributed by atoms with Crippen molar-refractivity contribution in [1.82, 2.24) is 0 Å². The molecule has 3 unspecified atom stereocenters. The van der Waals surface area contributed by atoms with Gasteiger partial charge in [-0.15, -0.1) is 0 Å². The van der Waals surface area contributed by atoms with E-state index in [9.17, 15) is 43.2 Å². The molecule has 19 heteroatoms. The Balaban J connectivity index is 5.21. The summed E-state index contributed by atoms with van der Waals surface area (Å²) in [6, 6.07) is 0. The Morgan fingerprint density at radius 2 is 0.526 bits per heavy atom. The summed E-state index contributed by atoms with van der Waals surface area (Å²) < 4.78 is 68.5. The molecule has 0 radical (unpaired) electrons. The molecule has 0 aromatic carbocycles. The van der Waals surface area contributed by atoms with Gasteiger partial charge in [-0.1, -0.05) is 356 Å². The standard InChI is InChI=1S/C78H152O17P2/c1-7-10-12-14-16-18-19-20-21-22-23-24-25-30-33-37-44-50-56-62-77(82)94-73(67-89-76(81)61-55-49-43-36-32-29-27-26-28-31-35-41-47-53-59-71(6)9-3)68-92-96(84,85)90-64-72(79)65-91-97(86,87)93-69-74(66-88-75(80)60-54-48-42-34-17-15-13-11-8-2)95-78(83)63-57-51-45-39-38-40-46-52-58-70(4)5/h70-74,79H,7-69H2,1-6H3,(H,84,85)(H,86,87)/t71?,72-,73-,74-/m1/s1. The van der Waals surface area contributed by atoms with Crippen molar-refractivity contribution in [3.63, 3.8) is 0 Å². The second-order valence-corrected chi connectivity index (χ2v) is 31.7. The van der Waals surface area contributed by atoms with Crippen LogP contribution in [0.4, 0.5) is 0 Å². The molecule has 0 saturated carbocycles. The highest BCUT2D eigenvalue weighted by molar-refractivity contribution is 7.47. The van der Waals surface area contributed by atoms with Crippen LogP contribution in [-0.4, -0.2) is 96.7 Å². The van der Waals surface area contributed by atoms with E-state index in [0.717, 1.165) is 102 Å². The van der Waals surface area contributed by atoms with E-state index >= 15 is 0 Å². The van der Waals surface area contributed by atoms with Gasteiger partial charge >= 0.3 is 39.5 Å². The molecule has 0 aliphatic heterocycles. The van der Waals surface area contributed by atoms with Crippen molar-refractivity contribution in [1.29, 1.82) is 0 Å². The number of aliphatic hydroxyl groups excluding tert-OH is 1. The van der Waals surface area contributed by atoms with Crippen LogP contribution < -0.4 is 0 Å². The first-order chi connectivity index (χ1) is 46.9. The Bertz CT molecular complexity index is 1870. The lowest BCUT2D eigenvalue weighted by Gasteiger charge is -2.21. The zero-order valence-corrected chi connectivity index (χ0v) is 65.2. The van der Waals surface area contributed by atoms with E-state index in [-0.39, 0.29) is 25.7 Å². The van der Waals surface area contributed by atoms with Crippen molar-refractivity contribution in [2.24, 2.45) is 11.8 Å². The second-order valence-electron chi connectivity index (χ2n) is 28.8. The van der Waals surface area contributed by atoms with Gasteiger partial charge < -0.3 is 33.8 Å². The molecule has 0 fully saturated rings. The van der Waals surface area contributed by atoms with Crippen molar-refractivity contribution in [2.75, 3.05) is 39.6 Å². The molecule has 17 nitrogen and oxygen atoms in total. The number of phosphoric acid groups is 2. The van der Waals surface area contributed by atoms with E-state index in [0.29, 0.717) is 25.7 Å². The van der Waals surface area contributed by atoms with Crippen LogP contribution in [0.15, 0.2) is 0 Å². The number of phosphoric ester groups is 2. The summed E-state index contributed by atoms with van der Waals surface area (Å²) in [4.78, 5) is 72.8. The fourth-order valence-corrected chi connectivity index (χ4v) is 13.6. The first-order valence-electron chi connectivity index (χ1n) is 40.5. The van der Waals surface area contributed by atoms with E-state index in [1.54, 1.807) is 0 Å². The maximum absolute atomic E-state index is 13.1. The molecule has 0 heterocycles. The summed E-state index contributed by atoms with van der Waals surface area (Å²) in [5.74, 6) is -0.547. The summed E-state index contributed by atoms with van der Waals surface area (Å²) in [5.41, 5.74) is 0. The van der Waals surface area contributed by atoms with E-state index < -0.39 is 97.5 Å². The molecule has 3 N–H and O–H groups in total. The highest BCUT2D eigenvalue weighted by Gasteiger charge is 2.30. The number of hydrogen-bond donors (Lipinski definition) is 3. The first-order valence-corrected chi connectivity index (χ1v) is 43.5. The molecule has 0 spiro atoms. The van der Waals surface area contributed by atoms with Gasteiger partial charge in [0.15, 0.2) is 12.2 Å². The lowest BCUT2D eigenvalue weighted by atomic mass is 9.99. The second kappa shape index (κ2) is 69.8. The molecule has 0 aromatic heterocycles. The highest BCUT2D eigenvalue weighted by atomic mass is 31.2. The van der Waals surface area contributed by atoms with Crippen LogP contribution in [0.1, 0.15) is 408 Å². The monoisotopic (exact) mass is 1420 g/mol. The number of carbonyl (C=O) groups excluding carboxylic acids is 4. The Morgan fingerprint density at radius 3 is 0.784 bits per heavy atom. The lowest BCUT2D eigenvalue weighted by Crippen LogP contribution is -2.30. The predicted molar refractivity (Wildman–Crippen MR) is 395 cm³/mol. The Hall–Kier alpha value is -1.94. The molecule has 0 aliphatic rings. The summed E-state index contributed by atoms with van der Waals surface area (Å²) in [5, 5.41) is 10.6. The minimum atomic E-state index is -4.96. The smallest absolute Gasteiger partial charge is 0.462 e. The highest BCUT2D eigenvalue weighted by Crippen LogP contribution is 2.45. The third-order valence-corrected chi connectivity index (χ3v) is 20.5. The Labute approximate surface area is 594 Å². The minimum Gasteiger partial charge on any atom is -0.462 e. The van der Waals surface area contributed by atoms with Gasteiger partial charge in [-0.25, -0.2) is 9.13 Å². The zero-order chi connectivity index (χ0) is 71.4. The first kappa shape index (κ1) is 95.1. The summed E-state index contributed by atoms with van der Waals surface area (Å²) >= 11 is 0. The quantitative estimate of drug-likeness (QED) is 0.0222. The number of rotatable bonds is 77. The zero-order valence-electron chi connectivity index (χ0n) is 63.4. The SMILES string of the molecule is CCCCCCCCCCCCCCCCCCCCCC(=O)O[C@H](COC(=O)CCCCCCCCCCCCCCCCC(C)CC)COP(=O)(O)OC[C@@H](O)COP(=O)(O)OC[C@@H](COC(=O)CCCCCCCCCCC)OC(=O)CCCCCCCCCCC(C)C. The Kier molecular flexibility index (Phi) is 68.4. The number of esters is 4. The molecule has 576 valence electrons. The van der Waals surface area contributed by atoms with Crippen molar-refractivity contribution < 1.29 is 80.2 Å². The average molecular weight is 1420 g/mol. The number of aliphatic hydroxyl groups is 1. The average Bonchev–Trinajstić information content (AvgIpc) is 1.08. The normalized spacial score (nSPS) is 14.2. The molecular weight excluding hydrogens is 1270 g/mol. The van der Waals surface area contributed by atoms with Gasteiger partial charge in [-0.3, -0.25) is 37.3 Å². The maximum Gasteiger partial charge on any atom is 0.472 e. The van der Waals surface area contributed by atoms with Gasteiger partial charge in [0.2, 0.25) is 0 Å². The molecule has 0 aliphatic carbocycles. The minimum absolute atomic E-state index is 0.105. The number of unbranched alkanes of at least 4 members (excludes halogenated alkanes) is 46. The number of carbonyl (C=O) groups is 4. The fourth-order valence-electron chi connectivity index (χ4n) is 12.0. The van der Waals surface area contributed by atoms with Crippen molar-refractivity contribution in [3.05, 3.63) is 0 Å². The van der Waals surface area contributed by atoms with E-state index in [1.807, 2.05) is 0 Å². The van der Waals surface area contributed by atoms with Gasteiger partial charge in [0, 0.05) is 25.7 Å². The van der Waals surface area contributed by atoms with Crippen LogP contribution in [-0.2, 0) is 65.4 Å². The van der Waals surface area contributed by atoms with Crippen LogP contribution in [0.2, 0.25) is 0 Å². The lowest BCUT2D eigenvalue weighted by molar-refractivity contribution is -0.161. The number of ether oxygens (including phenoxy) is 4. The molecule has 0 aromatic rings.